The normalized spacial score (nSPS) is 16.1. The average Bonchev–Trinajstić information content (AvgIpc) is 1.38. The third kappa shape index (κ3) is 12.1. The molecule has 0 amide bonds. The number of para-hydroxylation sites is 1. The van der Waals surface area contributed by atoms with Crippen LogP contribution in [0.3, 0.4) is 0 Å². The van der Waals surface area contributed by atoms with Crippen LogP contribution in [-0.4, -0.2) is 22.2 Å². The maximum Gasteiger partial charge on any atom is 0.268 e. The van der Waals surface area contributed by atoms with Crippen molar-refractivity contribution in [3.05, 3.63) is 331 Å². The predicted molar refractivity (Wildman–Crippen MR) is 406 cm³/mol. The number of rotatable bonds is 13. The largest absolute Gasteiger partial charge is 0.510 e. The average molecular weight is 1490 g/mol. The van der Waals surface area contributed by atoms with Crippen molar-refractivity contribution in [1.29, 1.82) is 0 Å². The number of fused-ring (bicyclic) bond motifs is 4. The first-order valence-electron chi connectivity index (χ1n) is 45.0. The van der Waals surface area contributed by atoms with Gasteiger partial charge in [-0.05, 0) is 134 Å². The zero-order chi connectivity index (χ0) is 90.2. The SMILES string of the molecule is [2H]c1c([2H])c([2H])c(-c2cnc(-n3c4[c-]c(Oc5[c-]c(-n6[c-][n+](-c7c(-c8cccc(C(C)(C)C)c8)cc(C(C)(C)C)cc7-c7c([2H])c([2H])c([2H])c([Si](c8c([2H])c([2H])c([2H])c([2H])c8[2H])(c8c([2H])c([2H])c([2H])c([2H])c8[2H])c8c([2H])c([2H])c([2H])c([2H])c8[2H])c7[2H])c7ccc(-c8ccc(C(C)(C)C)cc8)cc76)ccc5)ccc4c4ccccc43)cc2C([2H])([2H])[2H])c([2H])c1[2H].[Pt]. The van der Waals surface area contributed by atoms with E-state index in [9.17, 15) is 21.9 Å². The summed E-state index contributed by atoms with van der Waals surface area (Å²) in [6.07, 6.45) is 4.84. The van der Waals surface area contributed by atoms with Crippen molar-refractivity contribution in [1.82, 2.24) is 14.1 Å². The fourth-order valence-electron chi connectivity index (χ4n) is 12.5. The zero-order valence-electron chi connectivity index (χ0n) is 81.9. The van der Waals surface area contributed by atoms with Crippen molar-refractivity contribution < 1.29 is 67.4 Å². The van der Waals surface area contributed by atoms with E-state index in [1.807, 2.05) is 133 Å². The summed E-state index contributed by atoms with van der Waals surface area (Å²) in [5, 5.41) is -2.56. The molecule has 0 atom stereocenters. The van der Waals surface area contributed by atoms with Crippen LogP contribution in [-0.2, 0) is 37.3 Å². The second-order valence-corrected chi connectivity index (χ2v) is 30.3. The molecular formula is C91H78N4OPtSi-2. The van der Waals surface area contributed by atoms with Crippen molar-refractivity contribution in [2.24, 2.45) is 0 Å². The van der Waals surface area contributed by atoms with E-state index in [1.54, 1.807) is 56.2 Å². The summed E-state index contributed by atoms with van der Waals surface area (Å²) in [6.45, 7) is 15.3. The Morgan fingerprint density at radius 2 is 1.05 bits per heavy atom. The Morgan fingerprint density at radius 1 is 0.459 bits per heavy atom. The molecule has 0 aliphatic rings. The monoisotopic (exact) mass is 1490 g/mol. The van der Waals surface area contributed by atoms with Gasteiger partial charge in [0.1, 0.15) is 5.82 Å². The van der Waals surface area contributed by atoms with Crippen LogP contribution < -0.4 is 30.1 Å². The minimum atomic E-state index is -6.38. The van der Waals surface area contributed by atoms with Crippen molar-refractivity contribution >= 4 is 61.7 Å². The molecule has 484 valence electrons. The second-order valence-electron chi connectivity index (χ2n) is 26.8. The summed E-state index contributed by atoms with van der Waals surface area (Å²) >= 11 is 0. The standard InChI is InChI=1S/C91H78N4OSi.Pt/c1-62-52-87(92-60-82(62)64-28-15-11-16-29-64)95-83-43-24-23-42-78(83)79-50-49-73(59-85(79)95)96-72-34-27-33-71(58-72)93-61-94(84-51-46-65(55-86(84)93)63-44-47-68(48-45-63)89(2,3)4)88-80(66-30-25-32-69(53-66)90(5,6)7)56-70(91(8,9)10)57-81(88)67-31-26-41-77(54-67)97(74-35-17-12-18-36-74,75-37-19-13-20-38-75)76-39-21-14-22-40-76;/h11-57,60H,1-10H3;/q-2;/i1D3,11D,12D,13D,14D,15D,16D,17D,18D,19D,20D,21D,22D,26D,28D,29D,31D,35D,36D,37D,38D,39D,40D,41D,54D;. The van der Waals surface area contributed by atoms with E-state index in [0.29, 0.717) is 55.2 Å². The molecule has 0 saturated carbocycles. The van der Waals surface area contributed by atoms with Crippen LogP contribution in [0.5, 0.6) is 11.5 Å². The topological polar surface area (TPSA) is 35.9 Å². The molecule has 3 heterocycles. The zero-order valence-corrected chi connectivity index (χ0v) is 58.1. The van der Waals surface area contributed by atoms with Gasteiger partial charge in [-0.1, -0.05) is 304 Å². The van der Waals surface area contributed by atoms with E-state index in [4.69, 9.17) is 24.8 Å². The van der Waals surface area contributed by atoms with Gasteiger partial charge in [-0.2, -0.15) is 18.2 Å². The number of pyridine rings is 1. The number of hydrogen-bond donors (Lipinski definition) is 0. The Bertz CT molecular complexity index is 6800. The molecule has 3 aromatic heterocycles. The molecule has 0 fully saturated rings. The molecule has 15 rings (SSSR count). The van der Waals surface area contributed by atoms with Crippen LogP contribution in [0, 0.1) is 25.3 Å². The van der Waals surface area contributed by atoms with E-state index in [-0.39, 0.29) is 71.7 Å². The van der Waals surface area contributed by atoms with E-state index >= 15 is 0 Å². The number of hydrogen-bond acceptors (Lipinski definition) is 2. The molecule has 15 aromatic rings. The van der Waals surface area contributed by atoms with Crippen molar-refractivity contribution in [3.8, 4) is 73.2 Å². The van der Waals surface area contributed by atoms with Crippen LogP contribution in [0.15, 0.2) is 291 Å². The van der Waals surface area contributed by atoms with Crippen molar-refractivity contribution in [2.75, 3.05) is 0 Å². The number of aryl methyl sites for hydroxylation is 1. The Balaban J connectivity index is 0.0000127. The molecule has 12 aromatic carbocycles. The van der Waals surface area contributed by atoms with Gasteiger partial charge >= 0.3 is 0 Å². The first kappa shape index (κ1) is 40.5. The van der Waals surface area contributed by atoms with Crippen LogP contribution in [0.1, 0.15) is 122 Å². The Morgan fingerprint density at radius 3 is 1.70 bits per heavy atom. The van der Waals surface area contributed by atoms with E-state index in [1.165, 1.54) is 12.3 Å². The third-order valence-corrected chi connectivity index (χ3v) is 21.5. The minimum Gasteiger partial charge on any atom is -0.510 e. The van der Waals surface area contributed by atoms with E-state index in [0.717, 1.165) is 22.3 Å². The molecule has 5 nitrogen and oxygen atoms in total. The van der Waals surface area contributed by atoms with Crippen molar-refractivity contribution in [2.45, 2.75) is 85.4 Å². The maximum absolute atomic E-state index is 11.3. The minimum absolute atomic E-state index is 0. The van der Waals surface area contributed by atoms with Crippen LogP contribution in [0.4, 0.5) is 0 Å². The Hall–Kier alpha value is -10.2. The summed E-state index contributed by atoms with van der Waals surface area (Å²) in [4.78, 5) is 4.74. The predicted octanol–water partition coefficient (Wildman–Crippen LogP) is 19.8. The Kier molecular flexibility index (Phi) is 10.7. The molecular weight excluding hydrogens is 1390 g/mol. The maximum atomic E-state index is 11.3. The summed E-state index contributed by atoms with van der Waals surface area (Å²) < 4.78 is 266. The molecule has 0 aliphatic carbocycles. The molecule has 98 heavy (non-hydrogen) atoms. The number of aromatic nitrogens is 4. The quantitative estimate of drug-likeness (QED) is 0.0499. The van der Waals surface area contributed by atoms with E-state index < -0.39 is 197 Å². The molecule has 0 unspecified atom stereocenters. The van der Waals surface area contributed by atoms with Gasteiger partial charge in [0.2, 0.25) is 0 Å². The van der Waals surface area contributed by atoms with Gasteiger partial charge in [-0.15, -0.1) is 29.7 Å². The molecule has 0 radical (unpaired) electrons. The van der Waals surface area contributed by atoms with E-state index in [2.05, 4.69) is 39.2 Å². The molecule has 0 N–H and O–H groups in total. The van der Waals surface area contributed by atoms with Gasteiger partial charge in [-0.25, -0.2) is 4.98 Å². The van der Waals surface area contributed by atoms with Gasteiger partial charge in [-0.3, -0.25) is 4.57 Å². The summed E-state index contributed by atoms with van der Waals surface area (Å²) in [5.74, 6) is 0.350. The number of imidazole rings is 1. The first-order valence-corrected chi connectivity index (χ1v) is 33.5. The summed E-state index contributed by atoms with van der Waals surface area (Å²) in [7, 11) is -6.38. The number of ether oxygens (including phenoxy) is 1. The second kappa shape index (κ2) is 26.0. The van der Waals surface area contributed by atoms with Gasteiger partial charge in [0.15, 0.2) is 8.07 Å². The fourth-order valence-corrected chi connectivity index (χ4v) is 16.0. The third-order valence-electron chi connectivity index (χ3n) is 17.5. The van der Waals surface area contributed by atoms with Gasteiger partial charge in [0, 0.05) is 54.0 Å². The molecule has 7 heteroatoms. The van der Waals surface area contributed by atoms with Gasteiger partial charge < -0.3 is 13.9 Å². The van der Waals surface area contributed by atoms with Crippen LogP contribution in [0.2, 0.25) is 0 Å². The first-order chi connectivity index (χ1) is 58.0. The van der Waals surface area contributed by atoms with Crippen LogP contribution >= 0.6 is 0 Å². The number of nitrogens with zero attached hydrogens (tertiary/aromatic N) is 4. The smallest absolute Gasteiger partial charge is 0.268 e. The van der Waals surface area contributed by atoms with Crippen LogP contribution in [0.25, 0.3) is 94.5 Å². The Labute approximate surface area is 630 Å². The summed E-state index contributed by atoms with van der Waals surface area (Å²) in [6, 6.07) is 25.5. The molecule has 0 bridgehead atoms. The molecule has 0 saturated heterocycles. The molecule has 0 spiro atoms. The van der Waals surface area contributed by atoms with Gasteiger partial charge in [0.25, 0.3) is 6.33 Å². The van der Waals surface area contributed by atoms with Crippen molar-refractivity contribution in [3.63, 3.8) is 0 Å². The fraction of sp³-hybridized carbons (Fsp3) is 0.143. The summed E-state index contributed by atoms with van der Waals surface area (Å²) in [5.41, 5.74) is 4.07. The van der Waals surface area contributed by atoms with Gasteiger partial charge in [0.05, 0.1) is 49.6 Å². The number of benzene rings is 12. The molecule has 0 aliphatic heterocycles.